The van der Waals surface area contributed by atoms with E-state index in [1.54, 1.807) is 19.9 Å². The normalized spacial score (nSPS) is 21.5. The molecule has 2 heterocycles. The maximum absolute atomic E-state index is 14.2. The predicted molar refractivity (Wildman–Crippen MR) is 157 cm³/mol. The van der Waals surface area contributed by atoms with E-state index in [-0.39, 0.29) is 13.2 Å². The summed E-state index contributed by atoms with van der Waals surface area (Å²) < 4.78 is 57.9. The third-order valence-electron chi connectivity index (χ3n) is 6.88. The van der Waals surface area contributed by atoms with Crippen molar-refractivity contribution in [1.82, 2.24) is 14.6 Å². The van der Waals surface area contributed by atoms with E-state index < -0.39 is 92.9 Å². The summed E-state index contributed by atoms with van der Waals surface area (Å²) in [6.45, 7) is 4.47. The van der Waals surface area contributed by atoms with Crippen LogP contribution in [0.5, 0.6) is 0 Å². The highest BCUT2D eigenvalue weighted by molar-refractivity contribution is 7.51. The number of nitrogens with one attached hydrogen (secondary N) is 2. The summed E-state index contributed by atoms with van der Waals surface area (Å²) in [4.78, 5) is 66.7. The summed E-state index contributed by atoms with van der Waals surface area (Å²) in [5.74, 6) is -4.80. The van der Waals surface area contributed by atoms with Crippen LogP contribution in [0.1, 0.15) is 39.6 Å². The van der Waals surface area contributed by atoms with Gasteiger partial charge >= 0.3 is 37.3 Å². The molecule has 1 aliphatic heterocycles. The summed E-state index contributed by atoms with van der Waals surface area (Å²) >= 11 is 0. The third-order valence-corrected chi connectivity index (χ3v) is 8.43. The molecule has 0 aliphatic carbocycles. The SMILES string of the molecule is CCOC(=O)C(COC(C)=O)(COP(=O)(NC(C=N)C(=O)OC)OCC1OC(n2ccc(C)nc2=O)C(OC)C1C)C(=O)OCC. The number of ether oxygens (including phenoxy) is 6. The average Bonchev–Trinajstić information content (AvgIpc) is 3.33. The number of carbonyl (C=O) groups excluding carboxylic acids is 4. The Morgan fingerprint density at radius 1 is 1.13 bits per heavy atom. The van der Waals surface area contributed by atoms with Crippen molar-refractivity contribution >= 4 is 37.8 Å². The Bertz CT molecular complexity index is 1340. The van der Waals surface area contributed by atoms with Gasteiger partial charge in [0.05, 0.1) is 39.6 Å². The van der Waals surface area contributed by atoms with Gasteiger partial charge in [-0.25, -0.2) is 19.2 Å². The number of aryl methyl sites for hydroxylation is 1. The van der Waals surface area contributed by atoms with E-state index in [1.165, 1.54) is 31.7 Å². The molecule has 2 rings (SSSR count). The third kappa shape index (κ3) is 9.49. The highest BCUT2D eigenvalue weighted by Gasteiger charge is 2.53. The number of hydrogen-bond acceptors (Lipinski definition) is 16. The van der Waals surface area contributed by atoms with Crippen molar-refractivity contribution in [2.45, 2.75) is 59.1 Å². The van der Waals surface area contributed by atoms with Crippen LogP contribution in [0.3, 0.4) is 0 Å². The number of rotatable bonds is 18. The van der Waals surface area contributed by atoms with Crippen LogP contribution in [-0.2, 0) is 61.2 Å². The molecule has 0 saturated carbocycles. The molecule has 46 heavy (non-hydrogen) atoms. The minimum absolute atomic E-state index is 0.191. The van der Waals surface area contributed by atoms with Gasteiger partial charge < -0.3 is 33.8 Å². The molecule has 1 aromatic rings. The zero-order chi connectivity index (χ0) is 34.7. The molecule has 2 N–H and O–H groups in total. The maximum atomic E-state index is 14.2. The first-order valence-corrected chi connectivity index (χ1v) is 15.7. The molecule has 6 atom stereocenters. The van der Waals surface area contributed by atoms with Gasteiger partial charge in [0, 0.05) is 38.1 Å². The highest BCUT2D eigenvalue weighted by Crippen LogP contribution is 2.48. The highest BCUT2D eigenvalue weighted by atomic mass is 31.2. The Morgan fingerprint density at radius 3 is 2.26 bits per heavy atom. The van der Waals surface area contributed by atoms with E-state index in [2.05, 4.69) is 14.8 Å². The summed E-state index contributed by atoms with van der Waals surface area (Å²) in [6, 6.07) is -0.0558. The van der Waals surface area contributed by atoms with E-state index in [0.717, 1.165) is 14.0 Å². The Kier molecular flexibility index (Phi) is 14.6. The van der Waals surface area contributed by atoms with Crippen LogP contribution in [0.15, 0.2) is 17.1 Å². The van der Waals surface area contributed by atoms with Gasteiger partial charge in [-0.2, -0.15) is 4.98 Å². The van der Waals surface area contributed by atoms with Gasteiger partial charge in [0.25, 0.3) is 0 Å². The molecule has 0 bridgehead atoms. The average molecular weight is 677 g/mol. The molecule has 1 aliphatic rings. The van der Waals surface area contributed by atoms with Gasteiger partial charge in [-0.05, 0) is 26.8 Å². The van der Waals surface area contributed by atoms with Gasteiger partial charge in [-0.15, -0.1) is 0 Å². The Balaban J connectivity index is 2.46. The monoisotopic (exact) mass is 676 g/mol. The second kappa shape index (κ2) is 17.4. The zero-order valence-electron chi connectivity index (χ0n) is 26.7. The van der Waals surface area contributed by atoms with Gasteiger partial charge in [-0.1, -0.05) is 6.92 Å². The van der Waals surface area contributed by atoms with Crippen LogP contribution in [0.2, 0.25) is 0 Å². The molecule has 6 unspecified atom stereocenters. The largest absolute Gasteiger partial charge is 0.468 e. The Labute approximate surface area is 265 Å². The van der Waals surface area contributed by atoms with Crippen molar-refractivity contribution in [2.75, 3.05) is 47.3 Å². The molecule has 0 aromatic carbocycles. The first-order valence-electron chi connectivity index (χ1n) is 14.2. The lowest BCUT2D eigenvalue weighted by Crippen LogP contribution is -2.50. The summed E-state index contributed by atoms with van der Waals surface area (Å²) in [5.41, 5.74) is -2.56. The second-order valence-electron chi connectivity index (χ2n) is 10.0. The van der Waals surface area contributed by atoms with Crippen molar-refractivity contribution in [2.24, 2.45) is 11.3 Å². The summed E-state index contributed by atoms with van der Waals surface area (Å²) in [6.07, 6.45) is -0.463. The van der Waals surface area contributed by atoms with E-state index in [4.69, 9.17) is 38.1 Å². The van der Waals surface area contributed by atoms with Crippen molar-refractivity contribution in [3.63, 3.8) is 0 Å². The minimum Gasteiger partial charge on any atom is -0.468 e. The molecule has 258 valence electrons. The first-order chi connectivity index (χ1) is 21.7. The first kappa shape index (κ1) is 38.6. The number of methoxy groups -OCH3 is 2. The second-order valence-corrected chi connectivity index (χ2v) is 11.8. The number of hydrogen-bond donors (Lipinski definition) is 2. The maximum Gasteiger partial charge on any atom is 0.406 e. The lowest BCUT2D eigenvalue weighted by molar-refractivity contribution is -0.181. The molecule has 1 fully saturated rings. The fraction of sp³-hybridized carbons (Fsp3) is 0.667. The molecular formula is C27H41N4O14P. The lowest BCUT2D eigenvalue weighted by atomic mass is 9.90. The van der Waals surface area contributed by atoms with Crippen LogP contribution >= 0.6 is 7.75 Å². The summed E-state index contributed by atoms with van der Waals surface area (Å²) in [5, 5.41) is 9.88. The van der Waals surface area contributed by atoms with E-state index in [1.807, 2.05) is 0 Å². The standard InChI is InChI=1S/C27H41N4O14P/c1-8-40-24(34)27(14-42-18(5)32,25(35)41-9-2)15-44-46(37,30-19(12-28)23(33)39-7)43-13-20-17(4)21(38-6)22(45-20)31-11-10-16(3)29-26(31)36/h10-12,17,19-22,28H,8-9,13-15H2,1-7H3,(H,30,37). The van der Waals surface area contributed by atoms with Crippen molar-refractivity contribution in [3.05, 3.63) is 28.4 Å². The minimum atomic E-state index is -4.79. The number of aromatic nitrogens is 2. The van der Waals surface area contributed by atoms with E-state index in [0.29, 0.717) is 11.9 Å². The van der Waals surface area contributed by atoms with Crippen molar-refractivity contribution < 1.29 is 61.2 Å². The van der Waals surface area contributed by atoms with Crippen molar-refractivity contribution in [1.29, 1.82) is 5.41 Å². The molecular weight excluding hydrogens is 635 g/mol. The molecule has 19 heteroatoms. The number of nitrogens with zero attached hydrogens (tertiary/aromatic N) is 2. The molecule has 0 amide bonds. The van der Waals surface area contributed by atoms with Crippen molar-refractivity contribution in [3.8, 4) is 0 Å². The van der Waals surface area contributed by atoms with Crippen LogP contribution < -0.4 is 10.8 Å². The van der Waals surface area contributed by atoms with Crippen LogP contribution in [0.4, 0.5) is 0 Å². The number of esters is 4. The molecule has 1 saturated heterocycles. The van der Waals surface area contributed by atoms with Crippen LogP contribution in [0, 0.1) is 23.7 Å². The predicted octanol–water partition coefficient (Wildman–Crippen LogP) is 0.698. The van der Waals surface area contributed by atoms with Gasteiger partial charge in [0.1, 0.15) is 18.8 Å². The fourth-order valence-corrected chi connectivity index (χ4v) is 5.82. The van der Waals surface area contributed by atoms with Crippen LogP contribution in [0.25, 0.3) is 0 Å². The number of carbonyl (C=O) groups is 4. The Morgan fingerprint density at radius 2 is 1.76 bits per heavy atom. The quantitative estimate of drug-likeness (QED) is 0.0716. The lowest BCUT2D eigenvalue weighted by Gasteiger charge is -2.30. The summed E-state index contributed by atoms with van der Waals surface area (Å²) in [7, 11) is -2.35. The molecule has 18 nitrogen and oxygen atoms in total. The van der Waals surface area contributed by atoms with Gasteiger partial charge in [0.2, 0.25) is 5.41 Å². The van der Waals surface area contributed by atoms with E-state index >= 15 is 0 Å². The molecule has 1 aromatic heterocycles. The Hall–Kier alpha value is -3.54. The van der Waals surface area contributed by atoms with E-state index in [9.17, 15) is 28.5 Å². The fourth-order valence-electron chi connectivity index (χ4n) is 4.35. The van der Waals surface area contributed by atoms with Gasteiger partial charge in [0.15, 0.2) is 6.23 Å². The topological polar surface area (TPSA) is 230 Å². The molecule has 0 radical (unpaired) electrons. The molecule has 0 spiro atoms. The zero-order valence-corrected chi connectivity index (χ0v) is 27.6. The smallest absolute Gasteiger partial charge is 0.406 e. The van der Waals surface area contributed by atoms with Gasteiger partial charge in [-0.3, -0.25) is 28.0 Å². The van der Waals surface area contributed by atoms with Crippen LogP contribution in [-0.4, -0.2) is 105 Å².